The normalized spacial score (nSPS) is 14.2. The molecule has 1 N–H and O–H groups in total. The van der Waals surface area contributed by atoms with Gasteiger partial charge in [-0.15, -0.1) is 0 Å². The van der Waals surface area contributed by atoms with Crippen LogP contribution in [-0.2, 0) is 0 Å². The fraction of sp³-hybridized carbons (Fsp3) is 0.263. The number of thioether (sulfide) groups is 1. The Morgan fingerprint density at radius 2 is 1.81 bits per heavy atom. The first-order valence-electron chi connectivity index (χ1n) is 8.20. The third-order valence-electron chi connectivity index (χ3n) is 4.20. The third-order valence-corrected chi connectivity index (χ3v) is 6.02. The molecule has 0 aromatic heterocycles. The molecule has 7 heteroatoms. The van der Waals surface area contributed by atoms with Crippen LogP contribution in [0, 0.1) is 16.3 Å². The predicted octanol–water partition coefficient (Wildman–Crippen LogP) is 4.18. The number of nitrogens with one attached hydrogen (secondary N) is 1. The minimum Gasteiger partial charge on any atom is -0.337 e. The molecule has 1 aliphatic heterocycles. The molecule has 0 aliphatic carbocycles. The molecule has 0 bridgehead atoms. The van der Waals surface area contributed by atoms with Crippen molar-refractivity contribution >= 4 is 51.9 Å². The van der Waals surface area contributed by atoms with Crippen molar-refractivity contribution in [1.29, 1.82) is 0 Å². The Morgan fingerprint density at radius 1 is 1.12 bits per heavy atom. The molecule has 2 aromatic rings. The molecule has 0 saturated carbocycles. The van der Waals surface area contributed by atoms with Gasteiger partial charge in [-0.1, -0.05) is 0 Å². The minimum absolute atomic E-state index is 0.0194. The highest BCUT2D eigenvalue weighted by atomic mass is 127. The van der Waals surface area contributed by atoms with Crippen molar-refractivity contribution in [1.82, 2.24) is 4.90 Å². The van der Waals surface area contributed by atoms with Gasteiger partial charge in [0.05, 0.1) is 0 Å². The summed E-state index contributed by atoms with van der Waals surface area (Å²) in [5, 5.41) is 2.78. The molecule has 1 saturated heterocycles. The number of nitrogens with zero attached hydrogens (tertiary/aromatic N) is 1. The van der Waals surface area contributed by atoms with Gasteiger partial charge in [0.1, 0.15) is 5.82 Å². The van der Waals surface area contributed by atoms with E-state index in [1.807, 2.05) is 46.2 Å². The maximum atomic E-state index is 13.6. The van der Waals surface area contributed by atoms with Crippen LogP contribution in [0.15, 0.2) is 36.4 Å². The lowest BCUT2D eigenvalue weighted by molar-refractivity contribution is 0.0772. The number of hydrogen-bond acceptors (Lipinski definition) is 3. The van der Waals surface area contributed by atoms with Crippen LogP contribution in [0.1, 0.15) is 26.3 Å². The molecule has 0 unspecified atom stereocenters. The summed E-state index contributed by atoms with van der Waals surface area (Å²) in [6, 6.07) is 9.61. The van der Waals surface area contributed by atoms with E-state index in [0.717, 1.165) is 30.2 Å². The van der Waals surface area contributed by atoms with Crippen LogP contribution in [0.3, 0.4) is 0 Å². The summed E-state index contributed by atoms with van der Waals surface area (Å²) >= 11 is 3.73. The summed E-state index contributed by atoms with van der Waals surface area (Å²) in [6.45, 7) is 3.37. The molecule has 1 heterocycles. The van der Waals surface area contributed by atoms with Gasteiger partial charge in [0.25, 0.3) is 11.8 Å². The first kappa shape index (κ1) is 19.2. The number of carbonyl (C=O) groups is 2. The monoisotopic (exact) mass is 484 g/mol. The van der Waals surface area contributed by atoms with Crippen LogP contribution in [0.25, 0.3) is 0 Å². The highest BCUT2D eigenvalue weighted by molar-refractivity contribution is 14.1. The van der Waals surface area contributed by atoms with Gasteiger partial charge in [-0.25, -0.2) is 4.39 Å². The van der Waals surface area contributed by atoms with Gasteiger partial charge in [0.15, 0.2) is 0 Å². The number of benzene rings is 2. The van der Waals surface area contributed by atoms with Gasteiger partial charge < -0.3 is 10.2 Å². The van der Waals surface area contributed by atoms with Gasteiger partial charge in [0.2, 0.25) is 0 Å². The number of rotatable bonds is 3. The van der Waals surface area contributed by atoms with Crippen LogP contribution in [0.5, 0.6) is 0 Å². The van der Waals surface area contributed by atoms with Crippen molar-refractivity contribution in [3.63, 3.8) is 0 Å². The first-order valence-corrected chi connectivity index (χ1v) is 10.4. The number of anilines is 1. The number of halogens is 2. The van der Waals surface area contributed by atoms with Crippen LogP contribution >= 0.6 is 34.4 Å². The Kier molecular flexibility index (Phi) is 6.18. The van der Waals surface area contributed by atoms with E-state index in [1.54, 1.807) is 30.3 Å². The van der Waals surface area contributed by atoms with Gasteiger partial charge in [-0.3, -0.25) is 9.59 Å². The molecular weight excluding hydrogens is 466 g/mol. The molecule has 4 nitrogen and oxygen atoms in total. The third kappa shape index (κ3) is 4.37. The average molecular weight is 484 g/mol. The van der Waals surface area contributed by atoms with E-state index < -0.39 is 5.82 Å². The van der Waals surface area contributed by atoms with Crippen molar-refractivity contribution < 1.29 is 14.0 Å². The molecule has 136 valence electrons. The Balaban J connectivity index is 1.73. The summed E-state index contributed by atoms with van der Waals surface area (Å²) in [5.41, 5.74) is 2.28. The maximum absolute atomic E-state index is 13.6. The number of hydrogen-bond donors (Lipinski definition) is 1. The quantitative estimate of drug-likeness (QED) is 0.666. The zero-order valence-electron chi connectivity index (χ0n) is 14.2. The highest BCUT2D eigenvalue weighted by Crippen LogP contribution is 2.21. The molecular formula is C19H18FIN2O2S. The number of carbonyl (C=O) groups excluding carboxylic acids is 2. The second-order valence-electron chi connectivity index (χ2n) is 6.02. The summed E-state index contributed by atoms with van der Waals surface area (Å²) in [4.78, 5) is 26.8. The van der Waals surface area contributed by atoms with Crippen molar-refractivity contribution in [2.75, 3.05) is 29.9 Å². The summed E-state index contributed by atoms with van der Waals surface area (Å²) in [6.07, 6.45) is 0. The number of amides is 2. The zero-order valence-corrected chi connectivity index (χ0v) is 17.2. The summed E-state index contributed by atoms with van der Waals surface area (Å²) in [7, 11) is 0. The Morgan fingerprint density at radius 3 is 2.46 bits per heavy atom. The smallest absolute Gasteiger partial charge is 0.255 e. The van der Waals surface area contributed by atoms with E-state index in [9.17, 15) is 14.0 Å². The maximum Gasteiger partial charge on any atom is 0.255 e. The first-order chi connectivity index (χ1) is 12.5. The SMILES string of the molecule is Cc1cc(C(=O)N2CCSCC2)ccc1NC(=O)c1ccc(I)c(F)c1. The Bertz CT molecular complexity index is 853. The van der Waals surface area contributed by atoms with Crippen LogP contribution in [0.4, 0.5) is 10.1 Å². The second kappa shape index (κ2) is 8.39. The van der Waals surface area contributed by atoms with Gasteiger partial charge >= 0.3 is 0 Å². The molecule has 0 radical (unpaired) electrons. The zero-order chi connectivity index (χ0) is 18.7. The fourth-order valence-corrected chi connectivity index (χ4v) is 3.96. The number of aryl methyl sites for hydroxylation is 1. The lowest BCUT2D eigenvalue weighted by atomic mass is 10.1. The lowest BCUT2D eigenvalue weighted by Gasteiger charge is -2.26. The van der Waals surface area contributed by atoms with Crippen LogP contribution in [0.2, 0.25) is 0 Å². The molecule has 0 spiro atoms. The molecule has 26 heavy (non-hydrogen) atoms. The summed E-state index contributed by atoms with van der Waals surface area (Å²) in [5.74, 6) is 1.15. The van der Waals surface area contributed by atoms with Crippen molar-refractivity contribution in [3.8, 4) is 0 Å². The predicted molar refractivity (Wildman–Crippen MR) is 111 cm³/mol. The van der Waals surface area contributed by atoms with E-state index >= 15 is 0 Å². The molecule has 2 amide bonds. The lowest BCUT2D eigenvalue weighted by Crippen LogP contribution is -2.37. The average Bonchev–Trinajstić information content (AvgIpc) is 2.65. The molecule has 1 fully saturated rings. The Hall–Kier alpha value is -1.61. The largest absolute Gasteiger partial charge is 0.337 e. The van der Waals surface area contributed by atoms with E-state index in [-0.39, 0.29) is 17.4 Å². The van der Waals surface area contributed by atoms with Crippen molar-refractivity contribution in [3.05, 3.63) is 62.5 Å². The molecule has 2 aromatic carbocycles. The second-order valence-corrected chi connectivity index (χ2v) is 8.40. The topological polar surface area (TPSA) is 49.4 Å². The minimum atomic E-state index is -0.421. The summed E-state index contributed by atoms with van der Waals surface area (Å²) < 4.78 is 14.1. The molecule has 1 aliphatic rings. The van der Waals surface area contributed by atoms with Crippen LogP contribution < -0.4 is 5.32 Å². The van der Waals surface area contributed by atoms with E-state index in [2.05, 4.69) is 5.32 Å². The van der Waals surface area contributed by atoms with Gasteiger partial charge in [-0.2, -0.15) is 11.8 Å². The van der Waals surface area contributed by atoms with Crippen molar-refractivity contribution in [2.24, 2.45) is 0 Å². The Labute approximate surface area is 169 Å². The highest BCUT2D eigenvalue weighted by Gasteiger charge is 2.19. The van der Waals surface area contributed by atoms with Crippen molar-refractivity contribution in [2.45, 2.75) is 6.92 Å². The molecule has 3 rings (SSSR count). The standard InChI is InChI=1S/C19H18FIN2O2S/c1-12-10-14(19(25)23-6-8-26-9-7-23)3-5-17(12)22-18(24)13-2-4-16(21)15(20)11-13/h2-5,10-11H,6-9H2,1H3,(H,22,24). The molecule has 0 atom stereocenters. The van der Waals surface area contributed by atoms with E-state index in [0.29, 0.717) is 14.8 Å². The fourth-order valence-electron chi connectivity index (χ4n) is 2.72. The van der Waals surface area contributed by atoms with E-state index in [1.165, 1.54) is 6.07 Å². The van der Waals surface area contributed by atoms with Gasteiger partial charge in [0, 0.05) is 45.0 Å². The van der Waals surface area contributed by atoms with Gasteiger partial charge in [-0.05, 0) is 71.5 Å². The van der Waals surface area contributed by atoms with E-state index in [4.69, 9.17) is 0 Å². The van der Waals surface area contributed by atoms with Crippen LogP contribution in [-0.4, -0.2) is 41.3 Å².